The van der Waals surface area contributed by atoms with E-state index >= 15 is 0 Å². The van der Waals surface area contributed by atoms with E-state index in [9.17, 15) is 0 Å². The number of nitrogens with zero attached hydrogens (tertiary/aromatic N) is 2. The molecule has 1 rings (SSSR count). The molecule has 1 unspecified atom stereocenters. The van der Waals surface area contributed by atoms with Gasteiger partial charge in [-0.25, -0.2) is 0 Å². The van der Waals surface area contributed by atoms with E-state index in [1.165, 1.54) is 83.5 Å². The molecule has 0 fully saturated rings. The molecule has 0 saturated carbocycles. The average Bonchev–Trinajstić information content (AvgIpc) is 3.03. The fourth-order valence-corrected chi connectivity index (χ4v) is 3.37. The molecule has 1 aliphatic heterocycles. The van der Waals surface area contributed by atoms with E-state index in [1.807, 2.05) is 0 Å². The van der Waals surface area contributed by atoms with Gasteiger partial charge in [-0.2, -0.15) is 0 Å². The molecule has 0 spiro atoms. The monoisotopic (exact) mass is 335 g/mol. The minimum atomic E-state index is 0.408. The summed E-state index contributed by atoms with van der Waals surface area (Å²) in [5, 5.41) is 0. The molecule has 1 heterocycles. The summed E-state index contributed by atoms with van der Waals surface area (Å²) in [7, 11) is 0. The van der Waals surface area contributed by atoms with Crippen LogP contribution in [0.15, 0.2) is 17.1 Å². The van der Waals surface area contributed by atoms with Crippen molar-refractivity contribution in [2.45, 2.75) is 96.6 Å². The second-order valence-electron chi connectivity index (χ2n) is 7.12. The molecule has 0 aliphatic carbocycles. The smallest absolute Gasteiger partial charge is 0.102 e. The Kier molecular flexibility index (Phi) is 14.1. The lowest BCUT2D eigenvalue weighted by Gasteiger charge is -2.21. The Morgan fingerprint density at radius 3 is 2.25 bits per heavy atom. The van der Waals surface area contributed by atoms with Crippen LogP contribution < -0.4 is 5.73 Å². The van der Waals surface area contributed by atoms with Crippen molar-refractivity contribution in [2.75, 3.05) is 19.6 Å². The van der Waals surface area contributed by atoms with Crippen LogP contribution in [0.5, 0.6) is 0 Å². The third kappa shape index (κ3) is 11.0. The Morgan fingerprint density at radius 2 is 1.58 bits per heavy atom. The van der Waals surface area contributed by atoms with Crippen LogP contribution >= 0.6 is 0 Å². The zero-order valence-electron chi connectivity index (χ0n) is 16.1. The first-order valence-corrected chi connectivity index (χ1v) is 10.5. The van der Waals surface area contributed by atoms with Gasteiger partial charge in [0.25, 0.3) is 0 Å². The summed E-state index contributed by atoms with van der Waals surface area (Å²) in [5.74, 6) is 0. The summed E-state index contributed by atoms with van der Waals surface area (Å²) >= 11 is 0. The Bertz CT molecular complexity index is 325. The minimum absolute atomic E-state index is 0.408. The van der Waals surface area contributed by atoms with Gasteiger partial charge >= 0.3 is 0 Å². The van der Waals surface area contributed by atoms with Crippen LogP contribution in [0, 0.1) is 0 Å². The number of hydrogen-bond donors (Lipinski definition) is 1. The van der Waals surface area contributed by atoms with Gasteiger partial charge in [-0.3, -0.25) is 9.89 Å². The van der Waals surface area contributed by atoms with Crippen molar-refractivity contribution in [3.05, 3.63) is 12.2 Å². The number of rotatable bonds is 16. The molecule has 0 saturated heterocycles. The summed E-state index contributed by atoms with van der Waals surface area (Å²) in [6, 6.07) is 0. The first kappa shape index (κ1) is 21.4. The lowest BCUT2D eigenvalue weighted by Crippen LogP contribution is -2.34. The average molecular weight is 336 g/mol. The fourth-order valence-electron chi connectivity index (χ4n) is 3.37. The SMILES string of the molecule is CCCCCCCC/C=C/CCCCCCC1N=CCN1CCN. The van der Waals surface area contributed by atoms with Gasteiger partial charge in [0, 0.05) is 25.8 Å². The van der Waals surface area contributed by atoms with Crippen LogP contribution in [-0.4, -0.2) is 36.9 Å². The highest BCUT2D eigenvalue weighted by molar-refractivity contribution is 5.62. The highest BCUT2D eigenvalue weighted by Gasteiger charge is 2.18. The van der Waals surface area contributed by atoms with Crippen LogP contribution in [0.2, 0.25) is 0 Å². The van der Waals surface area contributed by atoms with Crippen molar-refractivity contribution < 1.29 is 0 Å². The minimum Gasteiger partial charge on any atom is -0.329 e. The van der Waals surface area contributed by atoms with Crippen molar-refractivity contribution in [1.29, 1.82) is 0 Å². The number of hydrogen-bond acceptors (Lipinski definition) is 3. The van der Waals surface area contributed by atoms with Gasteiger partial charge in [0.2, 0.25) is 0 Å². The molecule has 3 heteroatoms. The Hall–Kier alpha value is -0.670. The van der Waals surface area contributed by atoms with E-state index in [2.05, 4.69) is 35.2 Å². The van der Waals surface area contributed by atoms with E-state index < -0.39 is 0 Å². The van der Waals surface area contributed by atoms with Gasteiger partial charge in [-0.1, -0.05) is 64.0 Å². The van der Waals surface area contributed by atoms with Crippen molar-refractivity contribution >= 4 is 6.21 Å². The zero-order valence-corrected chi connectivity index (χ0v) is 16.1. The second-order valence-corrected chi connectivity index (χ2v) is 7.12. The first-order chi connectivity index (χ1) is 11.9. The van der Waals surface area contributed by atoms with Crippen LogP contribution in [0.4, 0.5) is 0 Å². The molecule has 2 N–H and O–H groups in total. The summed E-state index contributed by atoms with van der Waals surface area (Å²) in [6.45, 7) is 4.99. The summed E-state index contributed by atoms with van der Waals surface area (Å²) in [5.41, 5.74) is 5.65. The maximum Gasteiger partial charge on any atom is 0.102 e. The standard InChI is InChI=1S/C21H41N3/c1-2-3-4-5-6-7-8-9-10-11-12-13-14-15-16-21-23-18-20-24(21)19-17-22/h9-10,18,21H,2-8,11-17,19-20,22H2,1H3/b10-9+. The van der Waals surface area contributed by atoms with Gasteiger partial charge in [0.15, 0.2) is 0 Å². The molecule has 3 nitrogen and oxygen atoms in total. The van der Waals surface area contributed by atoms with Crippen molar-refractivity contribution in [3.63, 3.8) is 0 Å². The molecule has 0 aromatic heterocycles. The van der Waals surface area contributed by atoms with E-state index in [0.29, 0.717) is 6.17 Å². The van der Waals surface area contributed by atoms with Crippen molar-refractivity contribution in [2.24, 2.45) is 10.7 Å². The predicted molar refractivity (Wildman–Crippen MR) is 108 cm³/mol. The molecule has 0 radical (unpaired) electrons. The van der Waals surface area contributed by atoms with Gasteiger partial charge < -0.3 is 5.73 Å². The second kappa shape index (κ2) is 15.8. The summed E-state index contributed by atoms with van der Waals surface area (Å²) in [6.07, 6.45) is 24.7. The molecule has 0 bridgehead atoms. The lowest BCUT2D eigenvalue weighted by atomic mass is 10.1. The van der Waals surface area contributed by atoms with Crippen LogP contribution in [0.25, 0.3) is 0 Å². The highest BCUT2D eigenvalue weighted by Crippen LogP contribution is 2.15. The molecule has 24 heavy (non-hydrogen) atoms. The van der Waals surface area contributed by atoms with E-state index in [0.717, 1.165) is 19.6 Å². The number of allylic oxidation sites excluding steroid dienone is 2. The van der Waals surface area contributed by atoms with Crippen molar-refractivity contribution in [3.8, 4) is 0 Å². The maximum absolute atomic E-state index is 5.65. The largest absolute Gasteiger partial charge is 0.329 e. The summed E-state index contributed by atoms with van der Waals surface area (Å²) < 4.78 is 0. The number of unbranched alkanes of at least 4 members (excludes halogenated alkanes) is 10. The van der Waals surface area contributed by atoms with E-state index in [4.69, 9.17) is 5.73 Å². The molecule has 0 aromatic carbocycles. The zero-order chi connectivity index (χ0) is 17.3. The fraction of sp³-hybridized carbons (Fsp3) is 0.857. The van der Waals surface area contributed by atoms with E-state index in [-0.39, 0.29) is 0 Å². The summed E-state index contributed by atoms with van der Waals surface area (Å²) in [4.78, 5) is 6.96. The Balaban J connectivity index is 1.83. The maximum atomic E-state index is 5.65. The number of nitrogens with two attached hydrogens (primary N) is 1. The molecule has 0 amide bonds. The van der Waals surface area contributed by atoms with E-state index in [1.54, 1.807) is 0 Å². The third-order valence-corrected chi connectivity index (χ3v) is 4.91. The molecule has 140 valence electrons. The lowest BCUT2D eigenvalue weighted by molar-refractivity contribution is 0.241. The first-order valence-electron chi connectivity index (χ1n) is 10.5. The third-order valence-electron chi connectivity index (χ3n) is 4.91. The predicted octanol–water partition coefficient (Wildman–Crippen LogP) is 5.31. The van der Waals surface area contributed by atoms with Crippen molar-refractivity contribution in [1.82, 2.24) is 4.90 Å². The molecule has 0 aromatic rings. The van der Waals surface area contributed by atoms with Gasteiger partial charge in [0.1, 0.15) is 6.17 Å². The van der Waals surface area contributed by atoms with Crippen LogP contribution in [-0.2, 0) is 0 Å². The molecular weight excluding hydrogens is 294 g/mol. The van der Waals surface area contributed by atoms with Crippen LogP contribution in [0.3, 0.4) is 0 Å². The van der Waals surface area contributed by atoms with Gasteiger partial charge in [-0.05, 0) is 38.5 Å². The van der Waals surface area contributed by atoms with Gasteiger partial charge in [-0.15, -0.1) is 0 Å². The normalized spacial score (nSPS) is 18.2. The molecule has 1 aliphatic rings. The number of aliphatic imine (C=N–C) groups is 1. The molecule has 1 atom stereocenters. The molecular formula is C21H41N3. The van der Waals surface area contributed by atoms with Gasteiger partial charge in [0.05, 0.1) is 0 Å². The quantitative estimate of drug-likeness (QED) is 0.307. The topological polar surface area (TPSA) is 41.6 Å². The Labute approximate surface area is 150 Å². The highest BCUT2D eigenvalue weighted by atomic mass is 15.3. The van der Waals surface area contributed by atoms with Crippen LogP contribution in [0.1, 0.15) is 90.4 Å². The Morgan fingerprint density at radius 1 is 0.958 bits per heavy atom.